The lowest BCUT2D eigenvalue weighted by molar-refractivity contribution is 0.0950. The Kier molecular flexibility index (Phi) is 4.89. The first-order valence-electron chi connectivity index (χ1n) is 8.89. The van der Waals surface area contributed by atoms with Gasteiger partial charge in [-0.25, -0.2) is 0 Å². The van der Waals surface area contributed by atoms with Crippen LogP contribution in [-0.2, 0) is 17.8 Å². The normalized spacial score (nSPS) is 12.6. The molecule has 2 aromatic carbocycles. The number of benzene rings is 2. The molecule has 0 spiro atoms. The van der Waals surface area contributed by atoms with Crippen LogP contribution in [0, 0.1) is 0 Å². The van der Waals surface area contributed by atoms with Crippen LogP contribution in [-0.4, -0.2) is 17.8 Å². The van der Waals surface area contributed by atoms with E-state index in [0.29, 0.717) is 24.5 Å². The fourth-order valence-electron chi connectivity index (χ4n) is 3.06. The zero-order chi connectivity index (χ0) is 18.6. The van der Waals surface area contributed by atoms with Gasteiger partial charge in [0.2, 0.25) is 0 Å². The van der Waals surface area contributed by atoms with Gasteiger partial charge in [0.25, 0.3) is 5.91 Å². The number of nitrogens with one attached hydrogen (secondary N) is 1. The van der Waals surface area contributed by atoms with Crippen LogP contribution in [0.1, 0.15) is 21.6 Å². The largest absolute Gasteiger partial charge is 0.457 e. The summed E-state index contributed by atoms with van der Waals surface area (Å²) in [5.74, 6) is 1.30. The fraction of sp³-hybridized carbons (Fsp3) is 0.143. The van der Waals surface area contributed by atoms with E-state index in [0.717, 1.165) is 17.0 Å². The molecule has 4 rings (SSSR count). The SMILES string of the molecule is CB1OCc2cc(Oc3ccc(C(=O)NCc4ccccn4)cc3)ccc21. The van der Waals surface area contributed by atoms with E-state index in [4.69, 9.17) is 9.39 Å². The molecule has 0 fully saturated rings. The van der Waals surface area contributed by atoms with Gasteiger partial charge in [-0.05, 0) is 59.6 Å². The van der Waals surface area contributed by atoms with Gasteiger partial charge < -0.3 is 14.7 Å². The molecule has 0 bridgehead atoms. The zero-order valence-electron chi connectivity index (χ0n) is 15.0. The van der Waals surface area contributed by atoms with Crippen LogP contribution < -0.4 is 15.5 Å². The second-order valence-corrected chi connectivity index (χ2v) is 6.44. The van der Waals surface area contributed by atoms with E-state index < -0.39 is 0 Å². The minimum absolute atomic E-state index is 0.137. The molecule has 0 radical (unpaired) electrons. The van der Waals surface area contributed by atoms with Crippen molar-refractivity contribution < 1.29 is 14.2 Å². The van der Waals surface area contributed by atoms with Gasteiger partial charge in [0.05, 0.1) is 18.8 Å². The third kappa shape index (κ3) is 4.01. The lowest BCUT2D eigenvalue weighted by Gasteiger charge is -2.09. The quantitative estimate of drug-likeness (QED) is 0.712. The number of ether oxygens (including phenoxy) is 1. The summed E-state index contributed by atoms with van der Waals surface area (Å²) in [5.41, 5.74) is 3.77. The summed E-state index contributed by atoms with van der Waals surface area (Å²) in [7, 11) is 0. The zero-order valence-corrected chi connectivity index (χ0v) is 15.0. The lowest BCUT2D eigenvalue weighted by atomic mass is 9.64. The number of rotatable bonds is 5. The van der Waals surface area contributed by atoms with Gasteiger partial charge in [-0.15, -0.1) is 0 Å². The molecule has 5 nitrogen and oxygen atoms in total. The first-order chi connectivity index (χ1) is 13.2. The van der Waals surface area contributed by atoms with E-state index in [2.05, 4.69) is 10.3 Å². The Bertz CT molecular complexity index is 945. The average molecular weight is 358 g/mol. The van der Waals surface area contributed by atoms with Crippen molar-refractivity contribution in [2.75, 3.05) is 0 Å². The Morgan fingerprint density at radius 2 is 1.96 bits per heavy atom. The highest BCUT2D eigenvalue weighted by Crippen LogP contribution is 2.24. The third-order valence-electron chi connectivity index (χ3n) is 4.55. The predicted molar refractivity (Wildman–Crippen MR) is 104 cm³/mol. The molecule has 2 heterocycles. The summed E-state index contributed by atoms with van der Waals surface area (Å²) in [6.07, 6.45) is 1.71. The Morgan fingerprint density at radius 1 is 1.15 bits per heavy atom. The molecule has 1 N–H and O–H groups in total. The molecule has 0 saturated heterocycles. The number of nitrogens with zero attached hydrogens (tertiary/aromatic N) is 1. The number of hydrogen-bond acceptors (Lipinski definition) is 4. The van der Waals surface area contributed by atoms with Crippen LogP contribution >= 0.6 is 0 Å². The van der Waals surface area contributed by atoms with E-state index in [1.54, 1.807) is 30.5 Å². The van der Waals surface area contributed by atoms with E-state index >= 15 is 0 Å². The average Bonchev–Trinajstić information content (AvgIpc) is 3.08. The maximum Gasteiger partial charge on any atom is 0.324 e. The van der Waals surface area contributed by atoms with Crippen molar-refractivity contribution in [3.63, 3.8) is 0 Å². The summed E-state index contributed by atoms with van der Waals surface area (Å²) in [6, 6.07) is 18.7. The maximum atomic E-state index is 12.3. The Labute approximate surface area is 158 Å². The Hall–Kier alpha value is -3.12. The third-order valence-corrected chi connectivity index (χ3v) is 4.55. The summed E-state index contributed by atoms with van der Waals surface area (Å²) in [5, 5.41) is 2.86. The first-order valence-corrected chi connectivity index (χ1v) is 8.89. The standard InChI is InChI=1S/C21H19BN2O3/c1-22-20-10-9-19(12-16(20)14-26-22)27-18-7-5-15(6-8-18)21(25)24-13-17-4-2-3-11-23-17/h2-12H,13-14H2,1H3,(H,24,25). The van der Waals surface area contributed by atoms with Crippen molar-refractivity contribution in [3.05, 3.63) is 83.7 Å². The van der Waals surface area contributed by atoms with Gasteiger partial charge in [0, 0.05) is 11.8 Å². The molecule has 0 unspecified atom stereocenters. The van der Waals surface area contributed by atoms with E-state index in [9.17, 15) is 4.79 Å². The summed E-state index contributed by atoms with van der Waals surface area (Å²) < 4.78 is 11.5. The smallest absolute Gasteiger partial charge is 0.324 e. The molecule has 0 saturated carbocycles. The molecule has 1 aliphatic heterocycles. The second kappa shape index (κ2) is 7.64. The number of hydrogen-bond donors (Lipinski definition) is 1. The Balaban J connectivity index is 1.38. The van der Waals surface area contributed by atoms with Crippen LogP contribution in [0.3, 0.4) is 0 Å². The number of pyridine rings is 1. The van der Waals surface area contributed by atoms with E-state index in [1.807, 2.05) is 43.2 Å². The van der Waals surface area contributed by atoms with Gasteiger partial charge in [0.1, 0.15) is 11.5 Å². The molecule has 1 amide bonds. The number of carbonyl (C=O) groups excluding carboxylic acids is 1. The van der Waals surface area contributed by atoms with Crippen molar-refractivity contribution in [1.29, 1.82) is 0 Å². The van der Waals surface area contributed by atoms with Crippen molar-refractivity contribution in [2.24, 2.45) is 0 Å². The second-order valence-electron chi connectivity index (χ2n) is 6.44. The lowest BCUT2D eigenvalue weighted by Crippen LogP contribution is -2.23. The van der Waals surface area contributed by atoms with Gasteiger partial charge in [-0.2, -0.15) is 0 Å². The maximum absolute atomic E-state index is 12.3. The van der Waals surface area contributed by atoms with Crippen LogP contribution in [0.4, 0.5) is 0 Å². The highest BCUT2D eigenvalue weighted by molar-refractivity contribution is 6.67. The predicted octanol–water partition coefficient (Wildman–Crippen LogP) is 3.16. The molecule has 3 aromatic rings. The molecule has 0 atom stereocenters. The highest BCUT2D eigenvalue weighted by Gasteiger charge is 2.23. The molecule has 1 aliphatic rings. The van der Waals surface area contributed by atoms with Crippen LogP contribution in [0.2, 0.25) is 6.82 Å². The van der Waals surface area contributed by atoms with E-state index in [-0.39, 0.29) is 12.8 Å². The molecule has 6 heteroatoms. The molecule has 1 aromatic heterocycles. The molecular formula is C21H19BN2O3. The number of aromatic nitrogens is 1. The van der Waals surface area contributed by atoms with Crippen LogP contribution in [0.25, 0.3) is 0 Å². The summed E-state index contributed by atoms with van der Waals surface area (Å²) >= 11 is 0. The summed E-state index contributed by atoms with van der Waals surface area (Å²) in [4.78, 5) is 16.4. The van der Waals surface area contributed by atoms with Gasteiger partial charge >= 0.3 is 6.92 Å². The first kappa shape index (κ1) is 17.3. The Morgan fingerprint density at radius 3 is 2.74 bits per heavy atom. The minimum atomic E-state index is -0.143. The highest BCUT2D eigenvalue weighted by atomic mass is 16.5. The minimum Gasteiger partial charge on any atom is -0.457 e. The molecular weight excluding hydrogens is 339 g/mol. The monoisotopic (exact) mass is 358 g/mol. The molecule has 27 heavy (non-hydrogen) atoms. The van der Waals surface area contributed by atoms with Gasteiger partial charge in [0.15, 0.2) is 0 Å². The van der Waals surface area contributed by atoms with Crippen LogP contribution in [0.15, 0.2) is 66.9 Å². The fourth-order valence-corrected chi connectivity index (χ4v) is 3.06. The number of carbonyl (C=O) groups is 1. The molecule has 0 aliphatic carbocycles. The molecule has 134 valence electrons. The van der Waals surface area contributed by atoms with Gasteiger partial charge in [-0.3, -0.25) is 9.78 Å². The number of fused-ring (bicyclic) bond motifs is 1. The van der Waals surface area contributed by atoms with Gasteiger partial charge in [-0.1, -0.05) is 19.0 Å². The van der Waals surface area contributed by atoms with E-state index in [1.165, 1.54) is 5.46 Å². The van der Waals surface area contributed by atoms with Crippen molar-refractivity contribution >= 4 is 18.3 Å². The topological polar surface area (TPSA) is 60.5 Å². The van der Waals surface area contributed by atoms with Crippen LogP contribution in [0.5, 0.6) is 11.5 Å². The number of amides is 1. The summed E-state index contributed by atoms with van der Waals surface area (Å²) in [6.45, 7) is 3.19. The van der Waals surface area contributed by atoms with Crippen molar-refractivity contribution in [3.8, 4) is 11.5 Å². The van der Waals surface area contributed by atoms with Crippen molar-refractivity contribution in [2.45, 2.75) is 20.0 Å². The van der Waals surface area contributed by atoms with Crippen molar-refractivity contribution in [1.82, 2.24) is 10.3 Å².